The number of nitrogens with zero attached hydrogens (tertiary/aromatic N) is 1. The smallest absolute Gasteiger partial charge is 0.251 e. The van der Waals surface area contributed by atoms with E-state index in [4.69, 9.17) is 4.74 Å². The van der Waals surface area contributed by atoms with Crippen LogP contribution in [0.25, 0.3) is 11.4 Å². The Balaban J connectivity index is 2.13. The van der Waals surface area contributed by atoms with Crippen LogP contribution in [-0.2, 0) is 0 Å². The summed E-state index contributed by atoms with van der Waals surface area (Å²) in [5.41, 5.74) is 2.73. The van der Waals surface area contributed by atoms with E-state index in [1.807, 2.05) is 25.1 Å². The molecule has 0 unspecified atom stereocenters. The van der Waals surface area contributed by atoms with Gasteiger partial charge in [0.05, 0.1) is 18.4 Å². The molecule has 2 aromatic rings. The normalized spacial score (nSPS) is 14.4. The number of aromatic amines is 1. The zero-order chi connectivity index (χ0) is 13.4. The maximum absolute atomic E-state index is 11.7. The maximum Gasteiger partial charge on any atom is 0.251 e. The lowest BCUT2D eigenvalue weighted by Crippen LogP contribution is -2.10. The molecule has 0 spiro atoms. The van der Waals surface area contributed by atoms with Gasteiger partial charge < -0.3 is 9.72 Å². The molecule has 1 N–H and O–H groups in total. The standard InChI is InChI=1S/C15H16N2O2/c1-9-3-6-11(13(7-9)19-2)15-16-12(10-4-5-10)8-14(18)17-15/h3,6-8,10H,4-5H2,1-2H3,(H,16,17,18). The molecule has 98 valence electrons. The first-order chi connectivity index (χ1) is 9.17. The highest BCUT2D eigenvalue weighted by atomic mass is 16.5. The third kappa shape index (κ3) is 2.38. The summed E-state index contributed by atoms with van der Waals surface area (Å²) in [6, 6.07) is 7.46. The molecule has 0 atom stereocenters. The van der Waals surface area contributed by atoms with Gasteiger partial charge in [-0.25, -0.2) is 4.98 Å². The minimum atomic E-state index is -0.102. The summed E-state index contributed by atoms with van der Waals surface area (Å²) in [6.45, 7) is 2.00. The zero-order valence-corrected chi connectivity index (χ0v) is 11.1. The molecule has 1 aliphatic rings. The first-order valence-corrected chi connectivity index (χ1v) is 6.43. The van der Waals surface area contributed by atoms with E-state index in [1.165, 1.54) is 0 Å². The highest BCUT2D eigenvalue weighted by Crippen LogP contribution is 2.39. The summed E-state index contributed by atoms with van der Waals surface area (Å²) < 4.78 is 5.37. The Morgan fingerprint density at radius 1 is 1.32 bits per heavy atom. The minimum absolute atomic E-state index is 0.102. The summed E-state index contributed by atoms with van der Waals surface area (Å²) >= 11 is 0. The summed E-state index contributed by atoms with van der Waals surface area (Å²) in [5.74, 6) is 1.78. The van der Waals surface area contributed by atoms with Crippen molar-refractivity contribution in [3.05, 3.63) is 45.9 Å². The Hall–Kier alpha value is -2.10. The first kappa shape index (κ1) is 12.0. The van der Waals surface area contributed by atoms with Crippen molar-refractivity contribution in [3.8, 4) is 17.1 Å². The van der Waals surface area contributed by atoms with Crippen molar-refractivity contribution in [2.75, 3.05) is 7.11 Å². The monoisotopic (exact) mass is 256 g/mol. The molecule has 1 heterocycles. The van der Waals surface area contributed by atoms with Gasteiger partial charge in [0.15, 0.2) is 0 Å². The summed E-state index contributed by atoms with van der Waals surface area (Å²) in [7, 11) is 1.63. The molecule has 0 radical (unpaired) electrons. The molecule has 0 aliphatic heterocycles. The van der Waals surface area contributed by atoms with Gasteiger partial charge in [0.2, 0.25) is 0 Å². The van der Waals surface area contributed by atoms with Gasteiger partial charge in [-0.15, -0.1) is 0 Å². The summed E-state index contributed by atoms with van der Waals surface area (Å²) in [6.07, 6.45) is 2.25. The van der Waals surface area contributed by atoms with E-state index in [0.717, 1.165) is 35.4 Å². The number of H-pyrrole nitrogens is 1. The minimum Gasteiger partial charge on any atom is -0.496 e. The molecule has 1 aromatic carbocycles. The fourth-order valence-corrected chi connectivity index (χ4v) is 2.19. The predicted octanol–water partition coefficient (Wildman–Crippen LogP) is 2.63. The Labute approximate surface area is 111 Å². The van der Waals surface area contributed by atoms with Gasteiger partial charge in [0, 0.05) is 12.0 Å². The summed E-state index contributed by atoms with van der Waals surface area (Å²) in [5, 5.41) is 0. The van der Waals surface area contributed by atoms with Crippen LogP contribution in [0.1, 0.15) is 30.0 Å². The van der Waals surface area contributed by atoms with E-state index < -0.39 is 0 Å². The van der Waals surface area contributed by atoms with Gasteiger partial charge in [0.25, 0.3) is 5.56 Å². The van der Waals surface area contributed by atoms with Gasteiger partial charge in [0.1, 0.15) is 11.6 Å². The van der Waals surface area contributed by atoms with Crippen molar-refractivity contribution in [1.29, 1.82) is 0 Å². The van der Waals surface area contributed by atoms with E-state index in [-0.39, 0.29) is 5.56 Å². The van der Waals surface area contributed by atoms with E-state index >= 15 is 0 Å². The number of aryl methyl sites for hydroxylation is 1. The molecule has 0 amide bonds. The Kier molecular flexibility index (Phi) is 2.85. The van der Waals surface area contributed by atoms with E-state index in [9.17, 15) is 4.79 Å². The quantitative estimate of drug-likeness (QED) is 0.918. The van der Waals surface area contributed by atoms with E-state index in [0.29, 0.717) is 11.7 Å². The number of hydrogen-bond acceptors (Lipinski definition) is 3. The third-order valence-corrected chi connectivity index (χ3v) is 3.37. The lowest BCUT2D eigenvalue weighted by molar-refractivity contribution is 0.416. The molecule has 19 heavy (non-hydrogen) atoms. The van der Waals surface area contributed by atoms with Crippen molar-refractivity contribution < 1.29 is 4.74 Å². The van der Waals surface area contributed by atoms with Crippen LogP contribution in [0, 0.1) is 6.92 Å². The van der Waals surface area contributed by atoms with Gasteiger partial charge in [-0.05, 0) is 37.5 Å². The second kappa shape index (κ2) is 4.53. The Morgan fingerprint density at radius 2 is 2.11 bits per heavy atom. The van der Waals surface area contributed by atoms with Crippen molar-refractivity contribution in [1.82, 2.24) is 9.97 Å². The number of aromatic nitrogens is 2. The molecule has 0 bridgehead atoms. The fraction of sp³-hybridized carbons (Fsp3) is 0.333. The average Bonchev–Trinajstić information content (AvgIpc) is 3.22. The van der Waals surface area contributed by atoms with Gasteiger partial charge in [-0.2, -0.15) is 0 Å². The molecule has 0 saturated heterocycles. The van der Waals surface area contributed by atoms with Crippen molar-refractivity contribution >= 4 is 0 Å². The molecule has 4 heteroatoms. The number of rotatable bonds is 3. The number of nitrogens with one attached hydrogen (secondary N) is 1. The van der Waals surface area contributed by atoms with Gasteiger partial charge >= 0.3 is 0 Å². The lowest BCUT2D eigenvalue weighted by atomic mass is 10.1. The summed E-state index contributed by atoms with van der Waals surface area (Å²) in [4.78, 5) is 19.1. The molecule has 1 saturated carbocycles. The number of methoxy groups -OCH3 is 1. The van der Waals surface area contributed by atoms with Crippen LogP contribution in [-0.4, -0.2) is 17.1 Å². The third-order valence-electron chi connectivity index (χ3n) is 3.37. The second-order valence-electron chi connectivity index (χ2n) is 5.00. The SMILES string of the molecule is COc1cc(C)ccc1-c1nc(C2CC2)cc(=O)[nH]1. The lowest BCUT2D eigenvalue weighted by Gasteiger charge is -2.09. The van der Waals surface area contributed by atoms with Crippen molar-refractivity contribution in [2.24, 2.45) is 0 Å². The molecular weight excluding hydrogens is 240 g/mol. The number of hydrogen-bond donors (Lipinski definition) is 1. The highest BCUT2D eigenvalue weighted by Gasteiger charge is 2.26. The average molecular weight is 256 g/mol. The van der Waals surface area contributed by atoms with Crippen LogP contribution in [0.15, 0.2) is 29.1 Å². The molecule has 4 nitrogen and oxygen atoms in total. The van der Waals surface area contributed by atoms with E-state index in [2.05, 4.69) is 9.97 Å². The molecule has 1 aliphatic carbocycles. The van der Waals surface area contributed by atoms with Crippen LogP contribution >= 0.6 is 0 Å². The van der Waals surface area contributed by atoms with Crippen molar-refractivity contribution in [2.45, 2.75) is 25.7 Å². The van der Waals surface area contributed by atoms with Crippen LogP contribution in [0.5, 0.6) is 5.75 Å². The molecule has 1 fully saturated rings. The van der Waals surface area contributed by atoms with Crippen LogP contribution in [0.2, 0.25) is 0 Å². The molecular formula is C15H16N2O2. The largest absolute Gasteiger partial charge is 0.496 e. The predicted molar refractivity (Wildman–Crippen MR) is 73.6 cm³/mol. The Bertz CT molecular complexity index is 672. The topological polar surface area (TPSA) is 55.0 Å². The zero-order valence-electron chi connectivity index (χ0n) is 11.1. The van der Waals surface area contributed by atoms with Crippen LogP contribution < -0.4 is 10.3 Å². The van der Waals surface area contributed by atoms with Crippen LogP contribution in [0.3, 0.4) is 0 Å². The number of benzene rings is 1. The molecule has 1 aromatic heterocycles. The molecule has 3 rings (SSSR count). The van der Waals surface area contributed by atoms with Gasteiger partial charge in [-0.1, -0.05) is 6.07 Å². The van der Waals surface area contributed by atoms with Gasteiger partial charge in [-0.3, -0.25) is 4.79 Å². The fourth-order valence-electron chi connectivity index (χ4n) is 2.19. The van der Waals surface area contributed by atoms with Crippen molar-refractivity contribution in [3.63, 3.8) is 0 Å². The van der Waals surface area contributed by atoms with E-state index in [1.54, 1.807) is 13.2 Å². The highest BCUT2D eigenvalue weighted by molar-refractivity contribution is 5.64. The maximum atomic E-state index is 11.7. The van der Waals surface area contributed by atoms with Crippen LogP contribution in [0.4, 0.5) is 0 Å². The Morgan fingerprint density at radius 3 is 2.79 bits per heavy atom. The first-order valence-electron chi connectivity index (χ1n) is 6.43. The number of ether oxygens (including phenoxy) is 1. The second-order valence-corrected chi connectivity index (χ2v) is 5.00.